The summed E-state index contributed by atoms with van der Waals surface area (Å²) in [4.78, 5) is 16.3. The number of carbonyl (C=O) groups excluding carboxylic acids is 1. The summed E-state index contributed by atoms with van der Waals surface area (Å²) in [6.07, 6.45) is 0.790. The Hall–Kier alpha value is -2.40. The molecule has 22 heavy (non-hydrogen) atoms. The fraction of sp³-hybridized carbons (Fsp3) is 0.188. The van der Waals surface area contributed by atoms with E-state index in [-0.39, 0.29) is 0 Å². The van der Waals surface area contributed by atoms with Gasteiger partial charge in [-0.25, -0.2) is 4.79 Å². The van der Waals surface area contributed by atoms with Crippen molar-refractivity contribution in [1.82, 2.24) is 0 Å². The number of nitrogens with zero attached hydrogens (tertiary/aromatic N) is 2. The normalized spacial score (nSPS) is 10.6. The van der Waals surface area contributed by atoms with Gasteiger partial charge in [-0.05, 0) is 42.8 Å². The molecule has 0 radical (unpaired) electrons. The average molecular weight is 319 g/mol. The molecule has 114 valence electrons. The zero-order valence-electron chi connectivity index (χ0n) is 11.8. The van der Waals surface area contributed by atoms with Crippen LogP contribution in [0, 0.1) is 0 Å². The fourth-order valence-corrected chi connectivity index (χ4v) is 1.69. The highest BCUT2D eigenvalue weighted by Crippen LogP contribution is 2.18. The molecule has 2 rings (SSSR count). The van der Waals surface area contributed by atoms with E-state index in [0.717, 1.165) is 12.2 Å². The van der Waals surface area contributed by atoms with Gasteiger partial charge in [0.15, 0.2) is 0 Å². The van der Waals surface area contributed by atoms with Crippen LogP contribution in [-0.2, 0) is 4.84 Å². The number of rotatable bonds is 7. The zero-order valence-corrected chi connectivity index (χ0v) is 12.6. The van der Waals surface area contributed by atoms with Crippen LogP contribution >= 0.6 is 11.6 Å². The quantitative estimate of drug-likeness (QED) is 0.325. The standard InChI is InChI=1S/C16H15ClN2O3/c17-11-4-12-21-15-9-7-14(8-10-15)18-19-22-16(20)13-5-2-1-3-6-13/h1-3,5-10H,4,11-12H2. The van der Waals surface area contributed by atoms with Gasteiger partial charge in [-0.1, -0.05) is 18.2 Å². The maximum absolute atomic E-state index is 11.6. The zero-order chi connectivity index (χ0) is 15.6. The molecule has 2 aromatic carbocycles. The summed E-state index contributed by atoms with van der Waals surface area (Å²) in [7, 11) is 0. The Morgan fingerprint density at radius 2 is 1.77 bits per heavy atom. The second-order valence-electron chi connectivity index (χ2n) is 4.31. The predicted molar refractivity (Wildman–Crippen MR) is 83.6 cm³/mol. The van der Waals surface area contributed by atoms with E-state index in [1.165, 1.54) is 0 Å². The molecule has 0 saturated heterocycles. The number of alkyl halides is 1. The summed E-state index contributed by atoms with van der Waals surface area (Å²) in [5.74, 6) is 0.745. The summed E-state index contributed by atoms with van der Waals surface area (Å²) >= 11 is 5.57. The van der Waals surface area contributed by atoms with Gasteiger partial charge in [-0.3, -0.25) is 4.84 Å². The Kier molecular flexibility index (Phi) is 6.39. The fourth-order valence-electron chi connectivity index (χ4n) is 1.59. The summed E-state index contributed by atoms with van der Waals surface area (Å²) in [5.41, 5.74) is 0.982. The molecule has 0 saturated carbocycles. The molecule has 0 bridgehead atoms. The maximum Gasteiger partial charge on any atom is 0.367 e. The molecule has 2 aromatic rings. The lowest BCUT2D eigenvalue weighted by atomic mass is 10.2. The maximum atomic E-state index is 11.6. The molecule has 0 aliphatic heterocycles. The van der Waals surface area contributed by atoms with Gasteiger partial charge in [-0.2, -0.15) is 0 Å². The third-order valence-electron chi connectivity index (χ3n) is 2.67. The molecule has 0 fully saturated rings. The van der Waals surface area contributed by atoms with Crippen molar-refractivity contribution < 1.29 is 14.4 Å². The van der Waals surface area contributed by atoms with E-state index >= 15 is 0 Å². The molecule has 0 aromatic heterocycles. The van der Waals surface area contributed by atoms with Crippen molar-refractivity contribution in [2.24, 2.45) is 10.4 Å². The molecular weight excluding hydrogens is 304 g/mol. The minimum atomic E-state index is -0.551. The van der Waals surface area contributed by atoms with Crippen LogP contribution in [0.1, 0.15) is 16.8 Å². The van der Waals surface area contributed by atoms with Crippen LogP contribution in [0.4, 0.5) is 5.69 Å². The first-order chi connectivity index (χ1) is 10.8. The highest BCUT2D eigenvalue weighted by atomic mass is 35.5. The van der Waals surface area contributed by atoms with Gasteiger partial charge < -0.3 is 4.74 Å². The van der Waals surface area contributed by atoms with E-state index in [1.807, 2.05) is 6.07 Å². The van der Waals surface area contributed by atoms with Crippen LogP contribution in [0.3, 0.4) is 0 Å². The number of carbonyl (C=O) groups is 1. The van der Waals surface area contributed by atoms with Gasteiger partial charge in [0.2, 0.25) is 0 Å². The lowest BCUT2D eigenvalue weighted by Crippen LogP contribution is -1.99. The number of halogens is 1. The highest BCUT2D eigenvalue weighted by Gasteiger charge is 2.05. The molecular formula is C16H15ClN2O3. The number of benzene rings is 2. The molecule has 0 N–H and O–H groups in total. The van der Waals surface area contributed by atoms with Crippen molar-refractivity contribution in [3.05, 3.63) is 60.2 Å². The number of ether oxygens (including phenoxy) is 1. The molecule has 6 heteroatoms. The molecule has 0 spiro atoms. The molecule has 0 amide bonds. The Balaban J connectivity index is 1.84. The lowest BCUT2D eigenvalue weighted by Gasteiger charge is -2.04. The van der Waals surface area contributed by atoms with Crippen molar-refractivity contribution in [2.75, 3.05) is 12.5 Å². The van der Waals surface area contributed by atoms with Crippen molar-refractivity contribution in [2.45, 2.75) is 6.42 Å². The van der Waals surface area contributed by atoms with Gasteiger partial charge in [-0.15, -0.1) is 16.7 Å². The van der Waals surface area contributed by atoms with Crippen LogP contribution in [0.2, 0.25) is 0 Å². The van der Waals surface area contributed by atoms with E-state index in [9.17, 15) is 4.79 Å². The first-order valence-electron chi connectivity index (χ1n) is 6.76. The molecule has 5 nitrogen and oxygen atoms in total. The van der Waals surface area contributed by atoms with Gasteiger partial charge in [0, 0.05) is 11.2 Å². The molecule has 0 aliphatic rings. The average Bonchev–Trinajstić information content (AvgIpc) is 2.57. The Bertz CT molecular complexity index is 615. The third-order valence-corrected chi connectivity index (χ3v) is 2.94. The summed E-state index contributed by atoms with van der Waals surface area (Å²) in [6, 6.07) is 15.6. The van der Waals surface area contributed by atoms with Crippen molar-refractivity contribution in [1.29, 1.82) is 0 Å². The van der Waals surface area contributed by atoms with Crippen LogP contribution in [-0.4, -0.2) is 18.5 Å². The van der Waals surface area contributed by atoms with Gasteiger partial charge in [0.25, 0.3) is 0 Å². The molecule has 0 aliphatic carbocycles. The summed E-state index contributed by atoms with van der Waals surface area (Å²) in [5, 5.41) is 7.25. The highest BCUT2D eigenvalue weighted by molar-refractivity contribution is 6.17. The second kappa shape index (κ2) is 8.79. The molecule has 0 heterocycles. The Labute approximate surface area is 133 Å². The minimum Gasteiger partial charge on any atom is -0.494 e. The number of hydrogen-bond acceptors (Lipinski definition) is 5. The predicted octanol–water partition coefficient (Wildman–Crippen LogP) is 4.55. The smallest absolute Gasteiger partial charge is 0.367 e. The number of hydrogen-bond donors (Lipinski definition) is 0. The van der Waals surface area contributed by atoms with Gasteiger partial charge in [0.1, 0.15) is 5.75 Å². The van der Waals surface area contributed by atoms with Crippen LogP contribution in [0.25, 0.3) is 0 Å². The van der Waals surface area contributed by atoms with Crippen LogP contribution in [0.15, 0.2) is 65.0 Å². The van der Waals surface area contributed by atoms with Gasteiger partial charge in [0.05, 0.1) is 17.9 Å². The van der Waals surface area contributed by atoms with E-state index in [2.05, 4.69) is 10.4 Å². The van der Waals surface area contributed by atoms with E-state index in [0.29, 0.717) is 23.7 Å². The first kappa shape index (κ1) is 16.0. The second-order valence-corrected chi connectivity index (χ2v) is 4.69. The minimum absolute atomic E-state index is 0.421. The molecule has 0 unspecified atom stereocenters. The van der Waals surface area contributed by atoms with E-state index < -0.39 is 5.97 Å². The van der Waals surface area contributed by atoms with Crippen molar-refractivity contribution in [3.8, 4) is 5.75 Å². The van der Waals surface area contributed by atoms with Crippen molar-refractivity contribution >= 4 is 23.3 Å². The lowest BCUT2D eigenvalue weighted by molar-refractivity contribution is 0.0483. The topological polar surface area (TPSA) is 60.2 Å². The third kappa shape index (κ3) is 5.18. The Morgan fingerprint density at radius 1 is 1.05 bits per heavy atom. The molecule has 0 atom stereocenters. The largest absolute Gasteiger partial charge is 0.494 e. The van der Waals surface area contributed by atoms with Crippen LogP contribution in [0.5, 0.6) is 5.75 Å². The van der Waals surface area contributed by atoms with Gasteiger partial charge >= 0.3 is 5.97 Å². The van der Waals surface area contributed by atoms with Crippen LogP contribution < -0.4 is 4.74 Å². The monoisotopic (exact) mass is 318 g/mol. The summed E-state index contributed by atoms with van der Waals surface area (Å²) in [6.45, 7) is 0.569. The van der Waals surface area contributed by atoms with E-state index in [1.54, 1.807) is 48.5 Å². The van der Waals surface area contributed by atoms with Crippen molar-refractivity contribution in [3.63, 3.8) is 0 Å². The summed E-state index contributed by atoms with van der Waals surface area (Å²) < 4.78 is 5.46. The first-order valence-corrected chi connectivity index (χ1v) is 7.29. The van der Waals surface area contributed by atoms with E-state index in [4.69, 9.17) is 21.2 Å². The SMILES string of the molecule is O=C(ON=Nc1ccc(OCCCCl)cc1)c1ccccc1. The Morgan fingerprint density at radius 3 is 2.45 bits per heavy atom.